The van der Waals surface area contributed by atoms with E-state index in [4.69, 9.17) is 5.73 Å². The first kappa shape index (κ1) is 11.0. The van der Waals surface area contributed by atoms with Gasteiger partial charge in [-0.05, 0) is 32.4 Å². The van der Waals surface area contributed by atoms with Crippen molar-refractivity contribution in [3.05, 3.63) is 24.5 Å². The first-order valence-corrected chi connectivity index (χ1v) is 5.78. The fourth-order valence-corrected chi connectivity index (χ4v) is 2.28. The first-order chi connectivity index (χ1) is 7.56. The van der Waals surface area contributed by atoms with Crippen LogP contribution in [0.5, 0.6) is 0 Å². The molecule has 2 aromatic rings. The van der Waals surface area contributed by atoms with Crippen LogP contribution in [0.2, 0.25) is 0 Å². The van der Waals surface area contributed by atoms with E-state index in [-0.39, 0.29) is 5.54 Å². The van der Waals surface area contributed by atoms with E-state index in [2.05, 4.69) is 42.6 Å². The molecule has 2 aromatic heterocycles. The van der Waals surface area contributed by atoms with Gasteiger partial charge < -0.3 is 10.3 Å². The molecule has 0 bridgehead atoms. The molecule has 2 rings (SSSR count). The maximum absolute atomic E-state index is 5.93. The van der Waals surface area contributed by atoms with Crippen molar-refractivity contribution >= 4 is 16.7 Å². The lowest BCUT2D eigenvalue weighted by molar-refractivity contribution is 0.333. The summed E-state index contributed by atoms with van der Waals surface area (Å²) in [7, 11) is 0. The average molecular weight is 217 g/mol. The number of nitrogens with two attached hydrogens (primary N) is 1. The molecule has 16 heavy (non-hydrogen) atoms. The minimum absolute atomic E-state index is 0.0945. The summed E-state index contributed by atoms with van der Waals surface area (Å²) in [6, 6.07) is 3.90. The largest absolute Gasteiger partial charge is 0.398 e. The summed E-state index contributed by atoms with van der Waals surface area (Å²) in [6.07, 6.45) is 6.15. The summed E-state index contributed by atoms with van der Waals surface area (Å²) < 4.78 is 2.22. The Morgan fingerprint density at radius 2 is 2.12 bits per heavy atom. The van der Waals surface area contributed by atoms with Crippen LogP contribution in [0, 0.1) is 0 Å². The Labute approximate surface area is 96.3 Å². The van der Waals surface area contributed by atoms with Crippen molar-refractivity contribution < 1.29 is 0 Å². The number of nitrogens with zero attached hydrogens (tertiary/aromatic N) is 2. The molecule has 3 nitrogen and oxygen atoms in total. The Hall–Kier alpha value is -1.51. The Morgan fingerprint density at radius 1 is 1.38 bits per heavy atom. The van der Waals surface area contributed by atoms with Crippen LogP contribution in [-0.4, -0.2) is 9.55 Å². The molecule has 2 N–H and O–H groups in total. The highest BCUT2D eigenvalue weighted by Gasteiger charge is 2.21. The summed E-state index contributed by atoms with van der Waals surface area (Å²) in [4.78, 5) is 4.43. The SMILES string of the molecule is CCCC(C)(C)n1ccc2c(N)ccnc21. The Kier molecular flexibility index (Phi) is 2.62. The highest BCUT2D eigenvalue weighted by molar-refractivity contribution is 5.88. The molecule has 0 aliphatic carbocycles. The van der Waals surface area contributed by atoms with E-state index < -0.39 is 0 Å². The lowest BCUT2D eigenvalue weighted by Gasteiger charge is -2.27. The second-order valence-corrected chi connectivity index (χ2v) is 4.89. The highest BCUT2D eigenvalue weighted by atomic mass is 15.1. The molecule has 2 heterocycles. The van der Waals surface area contributed by atoms with Crippen LogP contribution in [-0.2, 0) is 5.54 Å². The quantitative estimate of drug-likeness (QED) is 0.858. The van der Waals surface area contributed by atoms with Gasteiger partial charge >= 0.3 is 0 Å². The van der Waals surface area contributed by atoms with Gasteiger partial charge in [0.05, 0.1) is 0 Å². The maximum atomic E-state index is 5.93. The van der Waals surface area contributed by atoms with Gasteiger partial charge in [-0.1, -0.05) is 13.3 Å². The van der Waals surface area contributed by atoms with E-state index in [0.29, 0.717) is 0 Å². The van der Waals surface area contributed by atoms with Crippen molar-refractivity contribution in [3.63, 3.8) is 0 Å². The van der Waals surface area contributed by atoms with Crippen molar-refractivity contribution in [2.75, 3.05) is 5.73 Å². The van der Waals surface area contributed by atoms with Crippen LogP contribution >= 0.6 is 0 Å². The van der Waals surface area contributed by atoms with Gasteiger partial charge in [-0.25, -0.2) is 4.98 Å². The fraction of sp³-hybridized carbons (Fsp3) is 0.462. The normalized spacial score (nSPS) is 12.2. The van der Waals surface area contributed by atoms with Crippen molar-refractivity contribution in [2.45, 2.75) is 39.2 Å². The highest BCUT2D eigenvalue weighted by Crippen LogP contribution is 2.28. The Balaban J connectivity index is 2.58. The number of aromatic nitrogens is 2. The van der Waals surface area contributed by atoms with Crippen LogP contribution in [0.25, 0.3) is 11.0 Å². The third-order valence-electron chi connectivity index (χ3n) is 3.14. The predicted octanol–water partition coefficient (Wildman–Crippen LogP) is 3.15. The van der Waals surface area contributed by atoms with Gasteiger partial charge in [0.25, 0.3) is 0 Å². The fourth-order valence-electron chi connectivity index (χ4n) is 2.28. The number of nitrogen functional groups attached to an aromatic ring is 1. The van der Waals surface area contributed by atoms with Crippen LogP contribution in [0.1, 0.15) is 33.6 Å². The van der Waals surface area contributed by atoms with E-state index in [9.17, 15) is 0 Å². The summed E-state index contributed by atoms with van der Waals surface area (Å²) in [5.41, 5.74) is 7.81. The molecule has 0 aromatic carbocycles. The molecule has 0 spiro atoms. The third-order valence-corrected chi connectivity index (χ3v) is 3.14. The van der Waals surface area contributed by atoms with E-state index >= 15 is 0 Å². The smallest absolute Gasteiger partial charge is 0.142 e. The number of rotatable bonds is 3. The third kappa shape index (κ3) is 1.66. The molecule has 0 aliphatic rings. The number of anilines is 1. The zero-order chi connectivity index (χ0) is 11.8. The van der Waals surface area contributed by atoms with Crippen LogP contribution < -0.4 is 5.73 Å². The van der Waals surface area contributed by atoms with Gasteiger partial charge in [0.1, 0.15) is 5.65 Å². The molecular weight excluding hydrogens is 198 g/mol. The lowest BCUT2D eigenvalue weighted by Crippen LogP contribution is -2.25. The topological polar surface area (TPSA) is 43.8 Å². The van der Waals surface area contributed by atoms with Gasteiger partial charge in [-0.2, -0.15) is 0 Å². The van der Waals surface area contributed by atoms with Gasteiger partial charge in [0.15, 0.2) is 0 Å². The second kappa shape index (κ2) is 3.81. The monoisotopic (exact) mass is 217 g/mol. The van der Waals surface area contributed by atoms with Crippen LogP contribution in [0.15, 0.2) is 24.5 Å². The van der Waals surface area contributed by atoms with Crippen molar-refractivity contribution in [3.8, 4) is 0 Å². The molecule has 0 amide bonds. The van der Waals surface area contributed by atoms with Crippen molar-refractivity contribution in [2.24, 2.45) is 0 Å². The van der Waals surface area contributed by atoms with E-state index in [1.807, 2.05) is 6.07 Å². The van der Waals surface area contributed by atoms with Gasteiger partial charge in [0, 0.05) is 29.0 Å². The molecular formula is C13H19N3. The molecule has 86 valence electrons. The lowest BCUT2D eigenvalue weighted by atomic mass is 9.99. The van der Waals surface area contributed by atoms with Gasteiger partial charge in [-0.3, -0.25) is 0 Å². The van der Waals surface area contributed by atoms with E-state index in [1.165, 1.54) is 0 Å². The summed E-state index contributed by atoms with van der Waals surface area (Å²) in [6.45, 7) is 6.68. The van der Waals surface area contributed by atoms with Crippen molar-refractivity contribution in [1.82, 2.24) is 9.55 Å². The molecule has 0 fully saturated rings. The Morgan fingerprint density at radius 3 is 2.81 bits per heavy atom. The average Bonchev–Trinajstić information content (AvgIpc) is 2.63. The van der Waals surface area contributed by atoms with Crippen LogP contribution in [0.4, 0.5) is 5.69 Å². The minimum Gasteiger partial charge on any atom is -0.398 e. The summed E-state index contributed by atoms with van der Waals surface area (Å²) in [5.74, 6) is 0. The molecule has 0 radical (unpaired) electrons. The Bertz CT molecular complexity index is 497. The molecule has 0 aliphatic heterocycles. The number of hydrogen-bond donors (Lipinski definition) is 1. The minimum atomic E-state index is 0.0945. The molecule has 0 unspecified atom stereocenters. The van der Waals surface area contributed by atoms with Gasteiger partial charge in [-0.15, -0.1) is 0 Å². The number of fused-ring (bicyclic) bond motifs is 1. The standard InChI is InChI=1S/C13H19N3/c1-4-7-13(2,3)16-9-6-10-11(14)5-8-15-12(10)16/h5-6,8-9H,4,7H2,1-3H3,(H2,14,15). The number of hydrogen-bond acceptors (Lipinski definition) is 2. The van der Waals surface area contributed by atoms with Gasteiger partial charge in [0.2, 0.25) is 0 Å². The first-order valence-electron chi connectivity index (χ1n) is 5.78. The molecule has 0 saturated heterocycles. The van der Waals surface area contributed by atoms with E-state index in [0.717, 1.165) is 29.6 Å². The summed E-state index contributed by atoms with van der Waals surface area (Å²) >= 11 is 0. The van der Waals surface area contributed by atoms with E-state index in [1.54, 1.807) is 6.20 Å². The molecule has 0 atom stereocenters. The number of pyridine rings is 1. The second-order valence-electron chi connectivity index (χ2n) is 4.89. The molecule has 0 saturated carbocycles. The maximum Gasteiger partial charge on any atom is 0.142 e. The van der Waals surface area contributed by atoms with Crippen LogP contribution in [0.3, 0.4) is 0 Å². The molecule has 3 heteroatoms. The zero-order valence-corrected chi connectivity index (χ0v) is 10.2. The summed E-state index contributed by atoms with van der Waals surface area (Å²) in [5, 5.41) is 1.05. The van der Waals surface area contributed by atoms with Crippen molar-refractivity contribution in [1.29, 1.82) is 0 Å². The zero-order valence-electron chi connectivity index (χ0n) is 10.2. The predicted molar refractivity (Wildman–Crippen MR) is 68.4 cm³/mol.